The number of aliphatic hydroxyl groups excluding tert-OH is 1. The zero-order chi connectivity index (χ0) is 36.3. The zero-order valence-corrected chi connectivity index (χ0v) is 29.4. The highest BCUT2D eigenvalue weighted by atomic mass is 16.7. The molecular weight excluding hydrogens is 652 g/mol. The zero-order valence-electron chi connectivity index (χ0n) is 29.4. The molecule has 4 atom stereocenters. The van der Waals surface area contributed by atoms with Gasteiger partial charge >= 0.3 is 5.97 Å². The van der Waals surface area contributed by atoms with Gasteiger partial charge in [0.1, 0.15) is 0 Å². The molecule has 3 N–H and O–H groups in total. The highest BCUT2D eigenvalue weighted by Gasteiger charge is 2.39. The van der Waals surface area contributed by atoms with E-state index in [4.69, 9.17) is 14.6 Å². The molecule has 0 bridgehead atoms. The second kappa shape index (κ2) is 17.9. The quantitative estimate of drug-likeness (QED) is 0.102. The van der Waals surface area contributed by atoms with Crippen LogP contribution in [0.5, 0.6) is 0 Å². The maximum atomic E-state index is 12.1. The van der Waals surface area contributed by atoms with Gasteiger partial charge in [0.05, 0.1) is 25.2 Å². The van der Waals surface area contributed by atoms with Crippen molar-refractivity contribution >= 4 is 11.9 Å². The molecule has 0 spiro atoms. The van der Waals surface area contributed by atoms with Crippen molar-refractivity contribution in [1.29, 1.82) is 0 Å². The van der Waals surface area contributed by atoms with Gasteiger partial charge < -0.3 is 25.0 Å². The molecule has 268 valence electrons. The van der Waals surface area contributed by atoms with E-state index in [9.17, 15) is 14.7 Å². The van der Waals surface area contributed by atoms with Crippen molar-refractivity contribution in [2.75, 3.05) is 6.54 Å². The third kappa shape index (κ3) is 10.0. The van der Waals surface area contributed by atoms with Crippen LogP contribution in [0.15, 0.2) is 133 Å². The molecule has 5 aromatic carbocycles. The van der Waals surface area contributed by atoms with Crippen LogP contribution in [-0.2, 0) is 45.3 Å². The van der Waals surface area contributed by atoms with E-state index in [1.54, 1.807) is 0 Å². The predicted molar refractivity (Wildman–Crippen MR) is 201 cm³/mol. The van der Waals surface area contributed by atoms with Gasteiger partial charge in [0, 0.05) is 44.1 Å². The first-order valence-electron chi connectivity index (χ1n) is 17.8. The number of nitrogens with one attached hydrogen (secondary N) is 1. The van der Waals surface area contributed by atoms with E-state index < -0.39 is 12.3 Å². The Hall–Kier alpha value is -5.12. The highest BCUT2D eigenvalue weighted by Crippen LogP contribution is 2.42. The number of rotatable bonds is 15. The number of carboxylic acids is 1. The third-order valence-corrected chi connectivity index (χ3v) is 9.56. The van der Waals surface area contributed by atoms with Crippen molar-refractivity contribution in [1.82, 2.24) is 10.2 Å². The fraction of sp³-hybridized carbons (Fsp3) is 0.273. The van der Waals surface area contributed by atoms with Crippen LogP contribution in [0.4, 0.5) is 0 Å². The Labute approximate surface area is 305 Å². The summed E-state index contributed by atoms with van der Waals surface area (Å²) in [6.07, 6.45) is -1.21. The first kappa shape index (κ1) is 36.7. The Bertz CT molecular complexity index is 1840. The summed E-state index contributed by atoms with van der Waals surface area (Å²) in [7, 11) is 0. The summed E-state index contributed by atoms with van der Waals surface area (Å²) in [5, 5.41) is 21.3. The summed E-state index contributed by atoms with van der Waals surface area (Å²) in [5.74, 6) is -1.24. The SMILES string of the molecule is C[C@H]1[C@@H](CN(Cc2ccccc2)Cc2ccccc2)O[C@@H](c2ccc(-c3cccc(CNC(=O)CCC(=O)O)c3)cc2)O[C@H]1c1ccc(CO)cc1. The predicted octanol–water partition coefficient (Wildman–Crippen LogP) is 7.82. The molecule has 1 saturated heterocycles. The second-order valence-corrected chi connectivity index (χ2v) is 13.5. The molecule has 8 heteroatoms. The Morgan fingerprint density at radius 2 is 1.29 bits per heavy atom. The summed E-state index contributed by atoms with van der Waals surface area (Å²) >= 11 is 0. The summed E-state index contributed by atoms with van der Waals surface area (Å²) in [4.78, 5) is 25.3. The maximum Gasteiger partial charge on any atom is 0.303 e. The number of hydrogen-bond donors (Lipinski definition) is 3. The number of amides is 1. The number of carbonyl (C=O) groups is 2. The minimum atomic E-state index is -0.991. The number of carboxylic acid groups (broad SMARTS) is 1. The number of benzene rings is 5. The largest absolute Gasteiger partial charge is 0.481 e. The molecule has 8 nitrogen and oxygen atoms in total. The lowest BCUT2D eigenvalue weighted by Crippen LogP contribution is -2.44. The van der Waals surface area contributed by atoms with Gasteiger partial charge in [-0.1, -0.05) is 134 Å². The normalized spacial score (nSPS) is 18.6. The molecule has 52 heavy (non-hydrogen) atoms. The van der Waals surface area contributed by atoms with E-state index in [1.807, 2.05) is 72.8 Å². The molecule has 1 aliphatic rings. The van der Waals surface area contributed by atoms with Crippen molar-refractivity contribution in [2.45, 2.75) is 64.5 Å². The van der Waals surface area contributed by atoms with E-state index in [0.29, 0.717) is 13.1 Å². The van der Waals surface area contributed by atoms with Crippen LogP contribution in [0.25, 0.3) is 11.1 Å². The fourth-order valence-electron chi connectivity index (χ4n) is 6.65. The third-order valence-electron chi connectivity index (χ3n) is 9.56. The Morgan fingerprint density at radius 1 is 0.673 bits per heavy atom. The number of hydrogen-bond acceptors (Lipinski definition) is 6. The smallest absolute Gasteiger partial charge is 0.303 e. The average Bonchev–Trinajstić information content (AvgIpc) is 3.18. The Kier molecular flexibility index (Phi) is 12.6. The molecule has 1 amide bonds. The van der Waals surface area contributed by atoms with Crippen LogP contribution in [-0.4, -0.2) is 39.6 Å². The van der Waals surface area contributed by atoms with Crippen LogP contribution >= 0.6 is 0 Å². The highest BCUT2D eigenvalue weighted by molar-refractivity contribution is 5.80. The second-order valence-electron chi connectivity index (χ2n) is 13.5. The molecular formula is C44H46N2O6. The van der Waals surface area contributed by atoms with Crippen molar-refractivity contribution in [3.8, 4) is 11.1 Å². The number of aliphatic carboxylic acids is 1. The Balaban J connectivity index is 1.22. The molecule has 1 aliphatic heterocycles. The van der Waals surface area contributed by atoms with Gasteiger partial charge in [0.15, 0.2) is 6.29 Å². The molecule has 0 aromatic heterocycles. The number of carbonyl (C=O) groups excluding carboxylic acids is 1. The van der Waals surface area contributed by atoms with Gasteiger partial charge in [-0.05, 0) is 45.0 Å². The van der Waals surface area contributed by atoms with Crippen molar-refractivity contribution < 1.29 is 29.3 Å². The molecule has 5 aromatic rings. The van der Waals surface area contributed by atoms with Gasteiger partial charge in [-0.2, -0.15) is 0 Å². The van der Waals surface area contributed by atoms with E-state index >= 15 is 0 Å². The van der Waals surface area contributed by atoms with E-state index in [-0.39, 0.29) is 43.5 Å². The maximum absolute atomic E-state index is 12.1. The van der Waals surface area contributed by atoms with E-state index in [0.717, 1.165) is 46.5 Å². The number of aliphatic hydroxyl groups is 1. The van der Waals surface area contributed by atoms with Gasteiger partial charge in [-0.15, -0.1) is 0 Å². The standard InChI is InChI=1S/C44H46N2O6/c1-31-40(29-46(27-32-9-4-2-5-10-32)28-33-11-6-3-7-12-33)51-44(52-43(31)37-17-15-34(30-47)16-18-37)38-21-19-36(20-22-38)39-14-8-13-35(25-39)26-45-41(48)23-24-42(49)50/h2-22,25,31,40,43-44,47H,23-24,26-30H2,1H3,(H,45,48)(H,49,50)/t31-,40+,43+,44+/m0/s1. The number of nitrogens with zero attached hydrogens (tertiary/aromatic N) is 1. The lowest BCUT2D eigenvalue weighted by molar-refractivity contribution is -0.276. The molecule has 1 heterocycles. The van der Waals surface area contributed by atoms with Crippen molar-refractivity contribution in [3.05, 3.63) is 167 Å². The molecule has 6 rings (SSSR count). The van der Waals surface area contributed by atoms with Crippen molar-refractivity contribution in [2.24, 2.45) is 5.92 Å². The first-order chi connectivity index (χ1) is 25.3. The molecule has 1 fully saturated rings. The van der Waals surface area contributed by atoms with E-state index in [1.165, 1.54) is 11.1 Å². The lowest BCUT2D eigenvalue weighted by Gasteiger charge is -2.43. The summed E-state index contributed by atoms with van der Waals surface area (Å²) in [6, 6.07) is 45.2. The van der Waals surface area contributed by atoms with Crippen LogP contribution in [0, 0.1) is 5.92 Å². The van der Waals surface area contributed by atoms with Crippen LogP contribution < -0.4 is 5.32 Å². The summed E-state index contributed by atoms with van der Waals surface area (Å²) in [5.41, 5.74) is 8.23. The van der Waals surface area contributed by atoms with Crippen LogP contribution in [0.1, 0.15) is 65.5 Å². The minimum Gasteiger partial charge on any atom is -0.481 e. The fourth-order valence-corrected chi connectivity index (χ4v) is 6.65. The molecule has 0 unspecified atom stereocenters. The van der Waals surface area contributed by atoms with Gasteiger partial charge in [0.25, 0.3) is 0 Å². The van der Waals surface area contributed by atoms with Crippen molar-refractivity contribution in [3.63, 3.8) is 0 Å². The topological polar surface area (TPSA) is 108 Å². The number of ether oxygens (including phenoxy) is 2. The lowest BCUT2D eigenvalue weighted by atomic mass is 9.89. The van der Waals surface area contributed by atoms with Gasteiger partial charge in [-0.25, -0.2) is 0 Å². The van der Waals surface area contributed by atoms with E-state index in [2.05, 4.69) is 77.8 Å². The Morgan fingerprint density at radius 3 is 1.90 bits per heavy atom. The molecule has 0 radical (unpaired) electrons. The monoisotopic (exact) mass is 698 g/mol. The van der Waals surface area contributed by atoms with Gasteiger partial charge in [0.2, 0.25) is 5.91 Å². The minimum absolute atomic E-state index is 0.0136. The first-order valence-corrected chi connectivity index (χ1v) is 17.8. The van der Waals surface area contributed by atoms with Crippen LogP contribution in [0.2, 0.25) is 0 Å². The molecule has 0 saturated carbocycles. The van der Waals surface area contributed by atoms with Crippen LogP contribution in [0.3, 0.4) is 0 Å². The average molecular weight is 699 g/mol. The summed E-state index contributed by atoms with van der Waals surface area (Å²) in [6.45, 7) is 4.76. The molecule has 0 aliphatic carbocycles. The summed E-state index contributed by atoms with van der Waals surface area (Å²) < 4.78 is 13.6. The van der Waals surface area contributed by atoms with Gasteiger partial charge in [-0.3, -0.25) is 14.5 Å².